The van der Waals surface area contributed by atoms with Gasteiger partial charge in [0.2, 0.25) is 0 Å². The molecule has 2 aliphatic heterocycles. The second-order valence-corrected chi connectivity index (χ2v) is 10.2. The van der Waals surface area contributed by atoms with Crippen LogP contribution in [0.4, 0.5) is 29.3 Å². The predicted octanol–water partition coefficient (Wildman–Crippen LogP) is 5.73. The Bertz CT molecular complexity index is 859. The quantitative estimate of drug-likeness (QED) is 0.494. The van der Waals surface area contributed by atoms with Crippen LogP contribution in [0.3, 0.4) is 0 Å². The lowest BCUT2D eigenvalue weighted by Crippen LogP contribution is -2.49. The standard InChI is InChI=1S/C25H36F3N5O2/c26-25(27,28)22-16-20(6-7-23(22)31-35)30-19-10-14-33(15-11-19)24(34)29-17-18-8-12-32(13-9-18)21-4-2-1-3-5-21/h6-7,16,18-19,21,30H,1-5,8-15,17H2,(H,29,34). The highest BCUT2D eigenvalue weighted by molar-refractivity contribution is 5.74. The van der Waals surface area contributed by atoms with Crippen LogP contribution in [-0.2, 0) is 6.18 Å². The van der Waals surface area contributed by atoms with Crippen molar-refractivity contribution >= 4 is 17.4 Å². The highest BCUT2D eigenvalue weighted by Gasteiger charge is 2.35. The van der Waals surface area contributed by atoms with E-state index in [2.05, 4.69) is 20.7 Å². The molecule has 3 aliphatic rings. The van der Waals surface area contributed by atoms with E-state index in [-0.39, 0.29) is 12.1 Å². The van der Waals surface area contributed by atoms with Crippen molar-refractivity contribution in [3.63, 3.8) is 0 Å². The summed E-state index contributed by atoms with van der Waals surface area (Å²) in [5.41, 5.74) is -1.36. The topological polar surface area (TPSA) is 77.0 Å². The molecular weight excluding hydrogens is 459 g/mol. The van der Waals surface area contributed by atoms with E-state index in [1.807, 2.05) is 0 Å². The molecule has 2 amide bonds. The smallest absolute Gasteiger partial charge is 0.382 e. The van der Waals surface area contributed by atoms with Crippen LogP contribution in [0.25, 0.3) is 0 Å². The molecule has 0 aromatic heterocycles. The fraction of sp³-hybridized carbons (Fsp3) is 0.720. The molecule has 1 aromatic carbocycles. The summed E-state index contributed by atoms with van der Waals surface area (Å²) >= 11 is 0. The van der Waals surface area contributed by atoms with Crippen LogP contribution >= 0.6 is 0 Å². The fourth-order valence-electron chi connectivity index (χ4n) is 5.71. The summed E-state index contributed by atoms with van der Waals surface area (Å²) in [5.74, 6) is 0.518. The average Bonchev–Trinajstić information content (AvgIpc) is 2.88. The summed E-state index contributed by atoms with van der Waals surface area (Å²) in [4.78, 5) is 27.8. The zero-order valence-corrected chi connectivity index (χ0v) is 20.2. The number of likely N-dealkylation sites (tertiary alicyclic amines) is 2. The molecule has 0 radical (unpaired) electrons. The second-order valence-electron chi connectivity index (χ2n) is 10.2. The van der Waals surface area contributed by atoms with Gasteiger partial charge < -0.3 is 20.4 Å². The van der Waals surface area contributed by atoms with Crippen LogP contribution in [-0.4, -0.2) is 60.6 Å². The first kappa shape index (κ1) is 25.7. The van der Waals surface area contributed by atoms with Gasteiger partial charge >= 0.3 is 12.2 Å². The Morgan fingerprint density at radius 1 is 0.971 bits per heavy atom. The molecule has 1 saturated carbocycles. The van der Waals surface area contributed by atoms with Crippen molar-refractivity contribution in [3.05, 3.63) is 28.7 Å². The number of nitrogens with zero attached hydrogens (tertiary/aromatic N) is 3. The van der Waals surface area contributed by atoms with Crippen molar-refractivity contribution < 1.29 is 18.0 Å². The molecule has 4 rings (SSSR count). The number of hydrogen-bond acceptors (Lipinski definition) is 5. The third kappa shape index (κ3) is 6.86. The Morgan fingerprint density at radius 2 is 1.66 bits per heavy atom. The number of piperidine rings is 2. The fourth-order valence-corrected chi connectivity index (χ4v) is 5.71. The van der Waals surface area contributed by atoms with Crippen molar-refractivity contribution in [2.24, 2.45) is 11.1 Å². The number of nitrogens with one attached hydrogen (secondary N) is 2. The molecule has 194 valence electrons. The Morgan fingerprint density at radius 3 is 2.29 bits per heavy atom. The summed E-state index contributed by atoms with van der Waals surface area (Å²) in [6, 6.07) is 4.10. The number of anilines is 1. The normalized spacial score (nSPS) is 21.6. The molecule has 7 nitrogen and oxygen atoms in total. The van der Waals surface area contributed by atoms with Gasteiger partial charge in [-0.25, -0.2) is 4.79 Å². The Labute approximate surface area is 204 Å². The van der Waals surface area contributed by atoms with Crippen LogP contribution in [0.15, 0.2) is 23.4 Å². The number of rotatable bonds is 6. The predicted molar refractivity (Wildman–Crippen MR) is 130 cm³/mol. The van der Waals surface area contributed by atoms with Gasteiger partial charge in [-0.3, -0.25) is 0 Å². The number of carbonyl (C=O) groups excluding carboxylic acids is 1. The Hall–Kier alpha value is -2.36. The van der Waals surface area contributed by atoms with Gasteiger partial charge in [-0.15, -0.1) is 4.91 Å². The first-order chi connectivity index (χ1) is 16.8. The van der Waals surface area contributed by atoms with Gasteiger partial charge in [-0.2, -0.15) is 13.2 Å². The summed E-state index contributed by atoms with van der Waals surface area (Å²) in [5, 5.41) is 8.69. The molecule has 1 aromatic rings. The van der Waals surface area contributed by atoms with E-state index in [1.165, 1.54) is 38.2 Å². The number of alkyl halides is 3. The van der Waals surface area contributed by atoms with Gasteiger partial charge in [0.25, 0.3) is 0 Å². The number of hydrogen-bond donors (Lipinski definition) is 2. The Kier molecular flexibility index (Phi) is 8.51. The summed E-state index contributed by atoms with van der Waals surface area (Å²) in [7, 11) is 0. The summed E-state index contributed by atoms with van der Waals surface area (Å²) in [6.45, 7) is 4.05. The van der Waals surface area contributed by atoms with Crippen LogP contribution in [0, 0.1) is 10.8 Å². The van der Waals surface area contributed by atoms with Crippen molar-refractivity contribution in [1.29, 1.82) is 0 Å². The van der Waals surface area contributed by atoms with E-state index < -0.39 is 17.4 Å². The number of benzene rings is 1. The molecule has 0 atom stereocenters. The van der Waals surface area contributed by atoms with E-state index in [1.54, 1.807) is 4.90 Å². The number of nitroso groups, excluding NO2 is 1. The molecule has 2 heterocycles. The van der Waals surface area contributed by atoms with Gasteiger partial charge in [-0.05, 0) is 80.9 Å². The van der Waals surface area contributed by atoms with E-state index in [0.29, 0.717) is 44.1 Å². The van der Waals surface area contributed by atoms with E-state index in [9.17, 15) is 22.9 Å². The van der Waals surface area contributed by atoms with E-state index in [4.69, 9.17) is 0 Å². The van der Waals surface area contributed by atoms with Gasteiger partial charge in [0.05, 0.1) is 5.56 Å². The monoisotopic (exact) mass is 495 g/mol. The lowest BCUT2D eigenvalue weighted by molar-refractivity contribution is -0.137. The molecule has 2 saturated heterocycles. The van der Waals surface area contributed by atoms with E-state index >= 15 is 0 Å². The van der Waals surface area contributed by atoms with E-state index in [0.717, 1.165) is 44.1 Å². The third-order valence-electron chi connectivity index (χ3n) is 7.84. The van der Waals surface area contributed by atoms with Crippen molar-refractivity contribution in [2.75, 3.05) is 38.0 Å². The maximum Gasteiger partial charge on any atom is 0.418 e. The van der Waals surface area contributed by atoms with Gasteiger partial charge in [0.1, 0.15) is 5.69 Å². The average molecular weight is 496 g/mol. The molecule has 0 unspecified atom stereocenters. The van der Waals surface area contributed by atoms with Crippen LogP contribution in [0.1, 0.15) is 63.4 Å². The van der Waals surface area contributed by atoms with Gasteiger partial charge in [0.15, 0.2) is 0 Å². The van der Waals surface area contributed by atoms with Crippen LogP contribution in [0.5, 0.6) is 0 Å². The maximum absolute atomic E-state index is 13.2. The molecule has 0 spiro atoms. The minimum Gasteiger partial charge on any atom is -0.382 e. The van der Waals surface area contributed by atoms with Crippen molar-refractivity contribution in [1.82, 2.24) is 15.1 Å². The highest BCUT2D eigenvalue weighted by Crippen LogP contribution is 2.38. The highest BCUT2D eigenvalue weighted by atomic mass is 19.4. The minimum absolute atomic E-state index is 0.0423. The second kappa shape index (κ2) is 11.6. The first-order valence-corrected chi connectivity index (χ1v) is 12.9. The van der Waals surface area contributed by atoms with Crippen molar-refractivity contribution in [2.45, 2.75) is 76.0 Å². The van der Waals surface area contributed by atoms with Gasteiger partial charge in [-0.1, -0.05) is 19.3 Å². The Balaban J connectivity index is 1.17. The molecule has 3 fully saturated rings. The number of halogens is 3. The number of urea groups is 1. The van der Waals surface area contributed by atoms with Crippen LogP contribution < -0.4 is 10.6 Å². The SMILES string of the molecule is O=Nc1ccc(NC2CCN(C(=O)NCC3CCN(C4CCCCC4)CC3)CC2)cc1C(F)(F)F. The minimum atomic E-state index is -4.64. The zero-order chi connectivity index (χ0) is 24.8. The number of amides is 2. The molecule has 1 aliphatic carbocycles. The van der Waals surface area contributed by atoms with Crippen LogP contribution in [0.2, 0.25) is 0 Å². The molecular formula is C25H36F3N5O2. The first-order valence-electron chi connectivity index (χ1n) is 12.9. The third-order valence-corrected chi connectivity index (χ3v) is 7.84. The molecule has 10 heteroatoms. The molecule has 2 N–H and O–H groups in total. The summed E-state index contributed by atoms with van der Waals surface area (Å²) < 4.78 is 39.5. The van der Waals surface area contributed by atoms with Crippen molar-refractivity contribution in [3.8, 4) is 0 Å². The summed E-state index contributed by atoms with van der Waals surface area (Å²) in [6.07, 6.45) is 5.63. The van der Waals surface area contributed by atoms with Gasteiger partial charge in [0, 0.05) is 37.4 Å². The molecule has 35 heavy (non-hydrogen) atoms. The largest absolute Gasteiger partial charge is 0.418 e. The lowest BCUT2D eigenvalue weighted by atomic mass is 9.90. The molecule has 0 bridgehead atoms. The number of carbonyl (C=O) groups is 1. The lowest BCUT2D eigenvalue weighted by Gasteiger charge is -2.39. The zero-order valence-electron chi connectivity index (χ0n) is 20.2. The maximum atomic E-state index is 13.2.